The minimum absolute atomic E-state index is 0.220. The molecule has 0 bridgehead atoms. The van der Waals surface area contributed by atoms with Gasteiger partial charge in [0.05, 0.1) is 4.47 Å². The van der Waals surface area contributed by atoms with Gasteiger partial charge in [-0.25, -0.2) is 4.39 Å². The zero-order valence-electron chi connectivity index (χ0n) is 8.70. The average Bonchev–Trinajstić information content (AvgIpc) is 2.79. The van der Waals surface area contributed by atoms with E-state index in [-0.39, 0.29) is 5.69 Å². The highest BCUT2D eigenvalue weighted by molar-refractivity contribution is 9.10. The average molecular weight is 316 g/mol. The topological polar surface area (TPSA) is 54.9 Å². The third-order valence-electron chi connectivity index (χ3n) is 2.11. The number of carbonyl (C=O) groups is 1. The number of hydrogen-bond donors (Lipinski definition) is 1. The molecule has 0 saturated heterocycles. The fourth-order valence-corrected chi connectivity index (χ4v) is 2.12. The van der Waals surface area contributed by atoms with E-state index in [1.165, 1.54) is 11.4 Å². The molecule has 0 radical (unpaired) electrons. The number of rotatable bonds is 2. The molecule has 0 aliphatic carbocycles. The molecule has 0 aliphatic heterocycles. The number of aryl methyl sites for hydroxylation is 1. The van der Waals surface area contributed by atoms with Gasteiger partial charge in [0, 0.05) is 11.1 Å². The van der Waals surface area contributed by atoms with Gasteiger partial charge < -0.3 is 5.32 Å². The number of amides is 1. The Morgan fingerprint density at radius 3 is 2.94 bits per heavy atom. The molecule has 1 amide bonds. The van der Waals surface area contributed by atoms with E-state index < -0.39 is 11.7 Å². The number of nitrogens with zero attached hydrogens (tertiary/aromatic N) is 2. The molecule has 0 unspecified atom stereocenters. The normalized spacial score (nSPS) is 10.3. The van der Waals surface area contributed by atoms with E-state index in [0.29, 0.717) is 10.2 Å². The molecule has 4 nitrogen and oxygen atoms in total. The van der Waals surface area contributed by atoms with Crippen LogP contribution in [0.2, 0.25) is 0 Å². The zero-order valence-corrected chi connectivity index (χ0v) is 11.1. The SMILES string of the molecule is Cc1cc(Br)c(F)cc1NC(=O)c1csnn1. The minimum Gasteiger partial charge on any atom is -0.320 e. The van der Waals surface area contributed by atoms with Crippen molar-refractivity contribution in [1.29, 1.82) is 0 Å². The van der Waals surface area contributed by atoms with E-state index in [0.717, 1.165) is 17.1 Å². The monoisotopic (exact) mass is 315 g/mol. The van der Waals surface area contributed by atoms with Gasteiger partial charge in [0.1, 0.15) is 5.82 Å². The fraction of sp³-hybridized carbons (Fsp3) is 0.100. The summed E-state index contributed by atoms with van der Waals surface area (Å²) in [7, 11) is 0. The van der Waals surface area contributed by atoms with Crippen molar-refractivity contribution in [3.05, 3.63) is 39.1 Å². The Morgan fingerprint density at radius 2 is 2.29 bits per heavy atom. The second kappa shape index (κ2) is 4.89. The molecular weight excluding hydrogens is 309 g/mol. The summed E-state index contributed by atoms with van der Waals surface area (Å²) < 4.78 is 17.3. The molecule has 1 N–H and O–H groups in total. The summed E-state index contributed by atoms with van der Waals surface area (Å²) >= 11 is 4.16. The van der Waals surface area contributed by atoms with Gasteiger partial charge in [0.15, 0.2) is 5.69 Å². The summed E-state index contributed by atoms with van der Waals surface area (Å²) in [5.74, 6) is -0.828. The van der Waals surface area contributed by atoms with Crippen molar-refractivity contribution >= 4 is 39.1 Å². The smallest absolute Gasteiger partial charge is 0.277 e. The summed E-state index contributed by atoms with van der Waals surface area (Å²) in [5, 5.41) is 7.75. The molecule has 7 heteroatoms. The summed E-state index contributed by atoms with van der Waals surface area (Å²) in [6.07, 6.45) is 0. The lowest BCUT2D eigenvalue weighted by molar-refractivity contribution is 0.102. The zero-order chi connectivity index (χ0) is 12.4. The van der Waals surface area contributed by atoms with Crippen LogP contribution in [0.1, 0.15) is 16.1 Å². The van der Waals surface area contributed by atoms with Crippen molar-refractivity contribution in [3.63, 3.8) is 0 Å². The van der Waals surface area contributed by atoms with Gasteiger partial charge >= 0.3 is 0 Å². The molecule has 0 spiro atoms. The van der Waals surface area contributed by atoms with Crippen molar-refractivity contribution in [3.8, 4) is 0 Å². The lowest BCUT2D eigenvalue weighted by Gasteiger charge is -2.08. The first-order valence-corrected chi connectivity index (χ1v) is 6.25. The molecule has 1 aromatic heterocycles. The molecule has 2 aromatic rings. The summed E-state index contributed by atoms with van der Waals surface area (Å²) in [4.78, 5) is 11.7. The molecule has 0 fully saturated rings. The van der Waals surface area contributed by atoms with E-state index >= 15 is 0 Å². The lowest BCUT2D eigenvalue weighted by atomic mass is 10.2. The second-order valence-electron chi connectivity index (χ2n) is 3.33. The molecule has 88 valence electrons. The van der Waals surface area contributed by atoms with Crippen LogP contribution in [0.15, 0.2) is 22.0 Å². The number of carbonyl (C=O) groups excluding carboxylic acids is 1. The van der Waals surface area contributed by atoms with Crippen LogP contribution < -0.4 is 5.32 Å². The van der Waals surface area contributed by atoms with Crippen molar-refractivity contribution in [2.24, 2.45) is 0 Å². The summed E-state index contributed by atoms with van der Waals surface area (Å²) in [5.41, 5.74) is 1.40. The Balaban J connectivity index is 2.25. The van der Waals surface area contributed by atoms with Crippen molar-refractivity contribution in [2.75, 3.05) is 5.32 Å². The van der Waals surface area contributed by atoms with E-state index in [2.05, 4.69) is 30.8 Å². The number of anilines is 1. The third kappa shape index (κ3) is 2.67. The van der Waals surface area contributed by atoms with Crippen LogP contribution in [0.4, 0.5) is 10.1 Å². The Hall–Kier alpha value is -1.34. The highest BCUT2D eigenvalue weighted by atomic mass is 79.9. The third-order valence-corrected chi connectivity index (χ3v) is 3.22. The molecule has 0 aliphatic rings. The molecule has 0 saturated carbocycles. The van der Waals surface area contributed by atoms with Crippen molar-refractivity contribution in [1.82, 2.24) is 9.59 Å². The highest BCUT2D eigenvalue weighted by Gasteiger charge is 2.12. The van der Waals surface area contributed by atoms with Crippen molar-refractivity contribution < 1.29 is 9.18 Å². The first-order chi connectivity index (χ1) is 8.08. The quantitative estimate of drug-likeness (QED) is 0.926. The van der Waals surface area contributed by atoms with Crippen LogP contribution in [0.25, 0.3) is 0 Å². The van der Waals surface area contributed by atoms with Gasteiger partial charge in [-0.05, 0) is 52.1 Å². The molecule has 0 atom stereocenters. The largest absolute Gasteiger partial charge is 0.320 e. The van der Waals surface area contributed by atoms with Crippen molar-refractivity contribution in [2.45, 2.75) is 6.92 Å². The van der Waals surface area contributed by atoms with Crippen LogP contribution in [0.3, 0.4) is 0 Å². The van der Waals surface area contributed by atoms with E-state index in [1.807, 2.05) is 0 Å². The lowest BCUT2D eigenvalue weighted by Crippen LogP contribution is -2.13. The molecular formula is C10H7BrFN3OS. The highest BCUT2D eigenvalue weighted by Crippen LogP contribution is 2.24. The number of hydrogen-bond acceptors (Lipinski definition) is 4. The van der Waals surface area contributed by atoms with E-state index in [4.69, 9.17) is 0 Å². The Morgan fingerprint density at radius 1 is 1.53 bits per heavy atom. The van der Waals surface area contributed by atoms with Crippen LogP contribution in [0.5, 0.6) is 0 Å². The van der Waals surface area contributed by atoms with Gasteiger partial charge in [0.2, 0.25) is 0 Å². The van der Waals surface area contributed by atoms with E-state index in [1.54, 1.807) is 13.0 Å². The molecule has 17 heavy (non-hydrogen) atoms. The first-order valence-electron chi connectivity index (χ1n) is 4.62. The van der Waals surface area contributed by atoms with Gasteiger partial charge in [-0.1, -0.05) is 4.49 Å². The van der Waals surface area contributed by atoms with Crippen LogP contribution in [-0.2, 0) is 0 Å². The Bertz CT molecular complexity index is 559. The predicted molar refractivity (Wildman–Crippen MR) is 66.7 cm³/mol. The maximum Gasteiger partial charge on any atom is 0.277 e. The van der Waals surface area contributed by atoms with Gasteiger partial charge in [-0.15, -0.1) is 5.10 Å². The standard InChI is InChI=1S/C10H7BrFN3OS/c1-5-2-6(11)7(12)3-8(5)13-10(16)9-4-17-15-14-9/h2-4H,1H3,(H,13,16). The van der Waals surface area contributed by atoms with Crippen LogP contribution >= 0.6 is 27.5 Å². The number of aromatic nitrogens is 2. The molecule has 1 heterocycles. The number of nitrogens with one attached hydrogen (secondary N) is 1. The predicted octanol–water partition coefficient (Wildman–Crippen LogP) is 3.00. The maximum atomic E-state index is 13.3. The Labute approximate surface area is 109 Å². The minimum atomic E-state index is -0.428. The van der Waals surface area contributed by atoms with Crippen LogP contribution in [-0.4, -0.2) is 15.5 Å². The first kappa shape index (κ1) is 12.1. The second-order valence-corrected chi connectivity index (χ2v) is 4.79. The Kier molecular flexibility index (Phi) is 3.49. The number of halogens is 2. The van der Waals surface area contributed by atoms with E-state index in [9.17, 15) is 9.18 Å². The van der Waals surface area contributed by atoms with Crippen LogP contribution in [0, 0.1) is 12.7 Å². The van der Waals surface area contributed by atoms with Gasteiger partial charge in [-0.2, -0.15) is 0 Å². The summed E-state index contributed by atoms with van der Waals surface area (Å²) in [6.45, 7) is 1.78. The molecule has 2 rings (SSSR count). The maximum absolute atomic E-state index is 13.3. The summed E-state index contributed by atoms with van der Waals surface area (Å²) in [6, 6.07) is 2.86. The molecule has 1 aromatic carbocycles. The van der Waals surface area contributed by atoms with Gasteiger partial charge in [-0.3, -0.25) is 4.79 Å². The van der Waals surface area contributed by atoms with Gasteiger partial charge in [0.25, 0.3) is 5.91 Å². The fourth-order valence-electron chi connectivity index (χ4n) is 1.23. The number of benzene rings is 1.